The first kappa shape index (κ1) is 17.8. The number of aromatic nitrogens is 3. The molecule has 1 N–H and O–H groups in total. The minimum atomic E-state index is -0.0883. The number of nitrogens with one attached hydrogen (secondary N) is 1. The molecule has 0 aliphatic rings. The van der Waals surface area contributed by atoms with Gasteiger partial charge in [-0.3, -0.25) is 9.78 Å². The Bertz CT molecular complexity index is 865. The van der Waals surface area contributed by atoms with E-state index in [1.807, 2.05) is 30.3 Å². The third-order valence-corrected chi connectivity index (χ3v) is 3.98. The minimum Gasteiger partial charge on any atom is -0.421 e. The van der Waals surface area contributed by atoms with Crippen LogP contribution in [0.25, 0.3) is 11.5 Å². The average molecular weight is 350 g/mol. The Balaban J connectivity index is 1.54. The first-order valence-corrected chi connectivity index (χ1v) is 8.55. The molecule has 2 heterocycles. The van der Waals surface area contributed by atoms with Crippen LogP contribution in [0.15, 0.2) is 53.2 Å². The Morgan fingerprint density at radius 1 is 1.12 bits per heavy atom. The van der Waals surface area contributed by atoms with E-state index in [4.69, 9.17) is 4.42 Å². The molecule has 134 valence electrons. The summed E-state index contributed by atoms with van der Waals surface area (Å²) in [7, 11) is 0. The first-order chi connectivity index (χ1) is 12.4. The Morgan fingerprint density at radius 3 is 2.54 bits per heavy atom. The van der Waals surface area contributed by atoms with Gasteiger partial charge in [0, 0.05) is 30.9 Å². The van der Waals surface area contributed by atoms with Crippen LogP contribution in [0.5, 0.6) is 0 Å². The highest BCUT2D eigenvalue weighted by Crippen LogP contribution is 2.23. The van der Waals surface area contributed by atoms with Gasteiger partial charge in [-0.25, -0.2) is 0 Å². The highest BCUT2D eigenvalue weighted by Gasteiger charge is 2.14. The maximum atomic E-state index is 12.1. The second-order valence-electron chi connectivity index (χ2n) is 7.12. The van der Waals surface area contributed by atoms with Crippen LogP contribution in [0, 0.1) is 0 Å². The predicted molar refractivity (Wildman–Crippen MR) is 99.6 cm³/mol. The molecule has 0 spiro atoms. The molecule has 6 heteroatoms. The smallest absolute Gasteiger partial charge is 0.249 e. The molecule has 2 aromatic heterocycles. The number of carbonyl (C=O) groups excluding carboxylic acids is 1. The highest BCUT2D eigenvalue weighted by atomic mass is 16.4. The van der Waals surface area contributed by atoms with Crippen molar-refractivity contribution in [1.29, 1.82) is 0 Å². The van der Waals surface area contributed by atoms with Gasteiger partial charge in [0.15, 0.2) is 0 Å². The van der Waals surface area contributed by atoms with Crippen LogP contribution in [0.2, 0.25) is 0 Å². The topological polar surface area (TPSA) is 80.9 Å². The molecule has 0 fully saturated rings. The fourth-order valence-corrected chi connectivity index (χ4v) is 2.46. The van der Waals surface area contributed by atoms with E-state index in [0.717, 1.165) is 11.3 Å². The van der Waals surface area contributed by atoms with Crippen molar-refractivity contribution in [3.63, 3.8) is 0 Å². The van der Waals surface area contributed by atoms with Gasteiger partial charge in [0.1, 0.15) is 0 Å². The molecule has 6 nitrogen and oxygen atoms in total. The summed E-state index contributed by atoms with van der Waals surface area (Å²) in [6.07, 6.45) is 4.00. The molecule has 3 aromatic rings. The number of hydrogen-bond acceptors (Lipinski definition) is 5. The van der Waals surface area contributed by atoms with Gasteiger partial charge >= 0.3 is 0 Å². The second kappa shape index (κ2) is 7.47. The van der Waals surface area contributed by atoms with Gasteiger partial charge in [-0.15, -0.1) is 10.2 Å². The van der Waals surface area contributed by atoms with E-state index in [1.165, 1.54) is 5.56 Å². The molecule has 3 rings (SSSR count). The number of anilines is 1. The largest absolute Gasteiger partial charge is 0.421 e. The van der Waals surface area contributed by atoms with Gasteiger partial charge in [-0.2, -0.15) is 0 Å². The summed E-state index contributed by atoms with van der Waals surface area (Å²) in [5.74, 6) is 0.753. The highest BCUT2D eigenvalue weighted by molar-refractivity contribution is 5.90. The molecule has 0 atom stereocenters. The molecule has 1 amide bonds. The number of benzene rings is 1. The first-order valence-electron chi connectivity index (χ1n) is 8.55. The standard InChI is InChI=1S/C20H22N4O2/c1-20(2,3)15-6-8-16(9-7-15)22-17(25)10-11-18-23-24-19(26-18)14-5-4-12-21-13-14/h4-9,12-13H,10-11H2,1-3H3,(H,22,25). The van der Waals surface area contributed by atoms with E-state index in [2.05, 4.69) is 41.3 Å². The summed E-state index contributed by atoms with van der Waals surface area (Å²) in [6.45, 7) is 6.47. The monoisotopic (exact) mass is 350 g/mol. The molecule has 0 radical (unpaired) electrons. The normalized spacial score (nSPS) is 11.3. The van der Waals surface area contributed by atoms with E-state index >= 15 is 0 Å². The van der Waals surface area contributed by atoms with E-state index in [9.17, 15) is 4.79 Å². The molecule has 0 saturated carbocycles. The van der Waals surface area contributed by atoms with Gasteiger partial charge in [0.2, 0.25) is 17.7 Å². The molecule has 0 aliphatic carbocycles. The fourth-order valence-electron chi connectivity index (χ4n) is 2.46. The Morgan fingerprint density at radius 2 is 1.88 bits per heavy atom. The van der Waals surface area contributed by atoms with Crippen LogP contribution < -0.4 is 5.32 Å². The average Bonchev–Trinajstić information content (AvgIpc) is 3.09. The zero-order valence-electron chi connectivity index (χ0n) is 15.2. The number of nitrogens with zero attached hydrogens (tertiary/aromatic N) is 3. The van der Waals surface area contributed by atoms with Gasteiger partial charge in [-0.1, -0.05) is 32.9 Å². The zero-order valence-corrected chi connectivity index (χ0v) is 15.2. The van der Waals surface area contributed by atoms with Crippen molar-refractivity contribution in [2.45, 2.75) is 39.0 Å². The summed E-state index contributed by atoms with van der Waals surface area (Å²) >= 11 is 0. The van der Waals surface area contributed by atoms with Crippen molar-refractivity contribution in [2.75, 3.05) is 5.32 Å². The summed E-state index contributed by atoms with van der Waals surface area (Å²) in [6, 6.07) is 11.6. The second-order valence-corrected chi connectivity index (χ2v) is 7.12. The van der Waals surface area contributed by atoms with E-state index in [-0.39, 0.29) is 17.7 Å². The molecular weight excluding hydrogens is 328 g/mol. The lowest BCUT2D eigenvalue weighted by Gasteiger charge is -2.19. The van der Waals surface area contributed by atoms with Crippen LogP contribution >= 0.6 is 0 Å². The van der Waals surface area contributed by atoms with Gasteiger partial charge < -0.3 is 9.73 Å². The summed E-state index contributed by atoms with van der Waals surface area (Å²) < 4.78 is 5.58. The number of carbonyl (C=O) groups is 1. The minimum absolute atomic E-state index is 0.0883. The Kier molecular flexibility index (Phi) is 5.11. The van der Waals surface area contributed by atoms with Crippen LogP contribution in [0.3, 0.4) is 0 Å². The summed E-state index contributed by atoms with van der Waals surface area (Å²) in [5, 5.41) is 10.9. The lowest BCUT2D eigenvalue weighted by atomic mass is 9.87. The third kappa shape index (κ3) is 4.53. The van der Waals surface area contributed by atoms with Crippen molar-refractivity contribution in [2.24, 2.45) is 0 Å². The van der Waals surface area contributed by atoms with E-state index in [0.29, 0.717) is 18.2 Å². The zero-order chi connectivity index (χ0) is 18.6. The SMILES string of the molecule is CC(C)(C)c1ccc(NC(=O)CCc2nnc(-c3cccnc3)o2)cc1. The molecule has 0 bridgehead atoms. The number of rotatable bonds is 5. The maximum absolute atomic E-state index is 12.1. The quantitative estimate of drug-likeness (QED) is 0.752. The number of aryl methyl sites for hydroxylation is 1. The lowest BCUT2D eigenvalue weighted by Crippen LogP contribution is -2.14. The van der Waals surface area contributed by atoms with Gasteiger partial charge in [0.05, 0.1) is 5.56 Å². The summed E-state index contributed by atoms with van der Waals surface area (Å²) in [4.78, 5) is 16.2. The number of hydrogen-bond donors (Lipinski definition) is 1. The molecule has 26 heavy (non-hydrogen) atoms. The molecule has 0 aliphatic heterocycles. The number of pyridine rings is 1. The van der Waals surface area contributed by atoms with Crippen molar-refractivity contribution in [1.82, 2.24) is 15.2 Å². The molecular formula is C20H22N4O2. The Hall–Kier alpha value is -3.02. The third-order valence-electron chi connectivity index (χ3n) is 3.98. The maximum Gasteiger partial charge on any atom is 0.249 e. The van der Waals surface area contributed by atoms with Gasteiger partial charge in [-0.05, 0) is 35.2 Å². The van der Waals surface area contributed by atoms with Crippen LogP contribution in [-0.4, -0.2) is 21.1 Å². The van der Waals surface area contributed by atoms with E-state index < -0.39 is 0 Å². The molecule has 0 saturated heterocycles. The van der Waals surface area contributed by atoms with Crippen LogP contribution in [0.1, 0.15) is 38.6 Å². The van der Waals surface area contributed by atoms with Crippen LogP contribution in [-0.2, 0) is 16.6 Å². The molecule has 0 unspecified atom stereocenters. The summed E-state index contributed by atoms with van der Waals surface area (Å²) in [5.41, 5.74) is 2.86. The molecule has 1 aromatic carbocycles. The van der Waals surface area contributed by atoms with Crippen molar-refractivity contribution in [3.8, 4) is 11.5 Å². The van der Waals surface area contributed by atoms with E-state index in [1.54, 1.807) is 18.5 Å². The Labute approximate surface area is 152 Å². The van der Waals surface area contributed by atoms with Crippen molar-refractivity contribution >= 4 is 11.6 Å². The lowest BCUT2D eigenvalue weighted by molar-refractivity contribution is -0.116. The predicted octanol–water partition coefficient (Wildman–Crippen LogP) is 4.00. The fraction of sp³-hybridized carbons (Fsp3) is 0.300. The van der Waals surface area contributed by atoms with Crippen molar-refractivity contribution in [3.05, 3.63) is 60.2 Å². The van der Waals surface area contributed by atoms with Gasteiger partial charge in [0.25, 0.3) is 0 Å². The number of amides is 1. The van der Waals surface area contributed by atoms with Crippen LogP contribution in [0.4, 0.5) is 5.69 Å². The van der Waals surface area contributed by atoms with Crippen molar-refractivity contribution < 1.29 is 9.21 Å².